The van der Waals surface area contributed by atoms with Gasteiger partial charge in [-0.15, -0.1) is 0 Å². The molecule has 2 nitrogen and oxygen atoms in total. The number of hydrogen-bond acceptors (Lipinski definition) is 0. The van der Waals surface area contributed by atoms with Crippen molar-refractivity contribution in [2.75, 3.05) is 0 Å². The van der Waals surface area contributed by atoms with Crippen LogP contribution in [-0.2, 0) is 0 Å². The molecule has 0 aliphatic rings. The molecule has 0 rings (SSSR count). The third-order valence-electron chi connectivity index (χ3n) is 0. The first kappa shape index (κ1) is 36.8. The maximum absolute atomic E-state index is 5.00. The van der Waals surface area contributed by atoms with E-state index in [0.29, 0.717) is 0 Å². The maximum Gasteiger partial charge on any atom is -0.0776 e. The topological polar surface area (TPSA) is 47.6 Å². The molecule has 0 amide bonds. The molecule has 0 heterocycles. The average Bonchev–Trinajstić information content (AvgIpc) is 1.50. The predicted molar refractivity (Wildman–Crippen MR) is 15.1 cm³/mol. The van der Waals surface area contributed by atoms with Crippen LogP contribution in [0, 0.1) is 13.1 Å². The van der Waals surface area contributed by atoms with Crippen molar-refractivity contribution in [2.45, 2.75) is 7.43 Å². The third-order valence-corrected chi connectivity index (χ3v) is 0. The zero-order chi connectivity index (χ0) is 4.00. The molecule has 0 fully saturated rings. The molecule has 0 aromatic rings. The fraction of sp³-hybridized carbons (Fsp3) is 0.333. The lowest BCUT2D eigenvalue weighted by Gasteiger charge is -0.866. The Morgan fingerprint density at radius 1 is 0.800 bits per heavy atom. The molecule has 0 bridgehead atoms. The van der Waals surface area contributed by atoms with E-state index in [9.17, 15) is 0 Å². The van der Waals surface area contributed by atoms with Gasteiger partial charge in [0.2, 0.25) is 0 Å². The highest BCUT2D eigenvalue weighted by atomic mass is 14.2. The first-order valence-electron chi connectivity index (χ1n) is 0.500. The summed E-state index contributed by atoms with van der Waals surface area (Å²) in [4.78, 5) is 0. The van der Waals surface area contributed by atoms with Crippen molar-refractivity contribution in [1.29, 1.82) is 0 Å². The Morgan fingerprint density at radius 3 is 0.800 bits per heavy atom. The van der Waals surface area contributed by atoms with Crippen LogP contribution in [0.5, 0.6) is 0 Å². The quantitative estimate of drug-likeness (QED) is 0.292. The molecule has 0 unspecified atom stereocenters. The van der Waals surface area contributed by atoms with Gasteiger partial charge in [0.15, 0.2) is 0 Å². The van der Waals surface area contributed by atoms with Gasteiger partial charge < -0.3 is 10.5 Å². The first-order chi connectivity index (χ1) is 2.00. The molecule has 0 saturated heterocycles. The molecule has 0 saturated carbocycles. The average molecular weight is 70.1 g/mol. The van der Waals surface area contributed by atoms with Crippen molar-refractivity contribution in [2.24, 2.45) is 0 Å². The minimum absolute atomic E-state index is 0. The lowest BCUT2D eigenvalue weighted by Crippen LogP contribution is -2.10. The van der Waals surface area contributed by atoms with Crippen LogP contribution < -0.4 is 10.5 Å². The van der Waals surface area contributed by atoms with Gasteiger partial charge in [0, 0.05) is 0 Å². The van der Waals surface area contributed by atoms with Crippen LogP contribution in [0.2, 0.25) is 0 Å². The monoisotopic (exact) mass is 70.1 g/mol. The van der Waals surface area contributed by atoms with E-state index in [1.807, 2.05) is 0 Å². The Kier molecular flexibility index (Phi) is 82.6. The summed E-state index contributed by atoms with van der Waals surface area (Å²) in [6.07, 6.45) is 0. The fourth-order valence-corrected chi connectivity index (χ4v) is 0. The fourth-order valence-electron chi connectivity index (χ4n) is 0. The summed E-state index contributed by atoms with van der Waals surface area (Å²) in [5.41, 5.74) is 0. The maximum atomic E-state index is 5.00. The molecule has 2 heteroatoms. The van der Waals surface area contributed by atoms with Gasteiger partial charge in [0.1, 0.15) is 0 Å². The van der Waals surface area contributed by atoms with Gasteiger partial charge in [-0.2, -0.15) is 0 Å². The van der Waals surface area contributed by atoms with E-state index in [1.54, 1.807) is 0 Å². The standard InChI is InChI=1S/2CHN.CH4/c2*1-2;/h2*2H;1H4. The largest absolute Gasteiger partial charge is 0.335 e. The van der Waals surface area contributed by atoms with Gasteiger partial charge in [-0.1, -0.05) is 7.43 Å². The number of hydrogen-bond donors (Lipinski definition) is 2. The SMILES string of the molecule is C.[C-]#[NH+].[C-]#[NH+]. The number of nitrogens with one attached hydrogen (secondary N) is 2. The van der Waals surface area contributed by atoms with Crippen molar-refractivity contribution >= 4 is 0 Å². The minimum atomic E-state index is 0. The predicted octanol–water partition coefficient (Wildman–Crippen LogP) is -2.67. The van der Waals surface area contributed by atoms with Crippen molar-refractivity contribution in [3.63, 3.8) is 0 Å². The molecule has 0 aromatic heterocycles. The van der Waals surface area contributed by atoms with Crippen LogP contribution in [0.1, 0.15) is 7.43 Å². The van der Waals surface area contributed by atoms with E-state index in [1.165, 1.54) is 0 Å². The Labute approximate surface area is 32.3 Å². The van der Waals surface area contributed by atoms with Crippen LogP contribution in [0.3, 0.4) is 0 Å². The lowest BCUT2D eigenvalue weighted by atomic mass is 11.9. The second-order valence-corrected chi connectivity index (χ2v) is 0. The Hall–Kier alpha value is -1.02. The van der Waals surface area contributed by atoms with Gasteiger partial charge in [-0.3, -0.25) is 0 Å². The van der Waals surface area contributed by atoms with Gasteiger partial charge in [0.25, 0.3) is 0 Å². The highest BCUT2D eigenvalue weighted by Crippen LogP contribution is 0.235. The smallest absolute Gasteiger partial charge is 0.0776 e. The third kappa shape index (κ3) is 2.75. The lowest BCUT2D eigenvalue weighted by molar-refractivity contribution is -0.100. The molecular formula is C3H6N2. The normalized spacial score (nSPS) is 0.800. The highest BCUT2D eigenvalue weighted by molar-refractivity contribution is 3.34. The summed E-state index contributed by atoms with van der Waals surface area (Å²) in [5.74, 6) is 0. The van der Waals surface area contributed by atoms with Gasteiger partial charge >= 0.3 is 0 Å². The van der Waals surface area contributed by atoms with Crippen molar-refractivity contribution in [1.82, 2.24) is 0 Å². The molecule has 2 N–H and O–H groups in total. The van der Waals surface area contributed by atoms with Gasteiger partial charge in [-0.05, 0) is 0 Å². The Bertz CT molecular complexity index is 20.4. The van der Waals surface area contributed by atoms with Crippen LogP contribution in [-0.4, -0.2) is 0 Å². The molecule has 0 aliphatic carbocycles. The Morgan fingerprint density at radius 2 is 0.800 bits per heavy atom. The Balaban J connectivity index is -0.0000000133. The van der Waals surface area contributed by atoms with E-state index < -0.39 is 0 Å². The molecule has 0 spiro atoms. The minimum Gasteiger partial charge on any atom is -0.335 e. The zero-order valence-corrected chi connectivity index (χ0v) is 2.00. The van der Waals surface area contributed by atoms with E-state index in [0.717, 1.165) is 0 Å². The second-order valence-electron chi connectivity index (χ2n) is 0. The van der Waals surface area contributed by atoms with E-state index in [4.69, 9.17) is 23.7 Å². The van der Waals surface area contributed by atoms with Crippen LogP contribution >= 0.6 is 0 Å². The highest BCUT2D eigenvalue weighted by Gasteiger charge is 0.295. The van der Waals surface area contributed by atoms with Crippen molar-refractivity contribution in [3.8, 4) is 0 Å². The molecule has 5 heavy (non-hydrogen) atoms. The zero-order valence-electron chi connectivity index (χ0n) is 2.00. The summed E-state index contributed by atoms with van der Waals surface area (Å²) < 4.78 is 0. The van der Waals surface area contributed by atoms with E-state index in [-0.39, 0.29) is 7.43 Å². The second kappa shape index (κ2) is 11.2. The molecule has 0 atom stereocenters. The molecular weight excluding hydrogens is 64.0 g/mol. The van der Waals surface area contributed by atoms with Crippen molar-refractivity contribution in [3.05, 3.63) is 13.1 Å². The van der Waals surface area contributed by atoms with Crippen molar-refractivity contribution < 1.29 is 10.5 Å². The van der Waals surface area contributed by atoms with Gasteiger partial charge in [-0.25, -0.2) is 13.1 Å². The first-order valence-corrected chi connectivity index (χ1v) is 0.500. The number of rotatable bonds is 0. The van der Waals surface area contributed by atoms with Crippen LogP contribution in [0.25, 0.3) is 0 Å². The summed E-state index contributed by atoms with van der Waals surface area (Å²) in [6, 6.07) is 0. The summed E-state index contributed by atoms with van der Waals surface area (Å²) >= 11 is 0. The van der Waals surface area contributed by atoms with E-state index in [2.05, 4.69) is 0 Å². The summed E-state index contributed by atoms with van der Waals surface area (Å²) in [5, 5.41) is 10.0. The van der Waals surface area contributed by atoms with Gasteiger partial charge in [0.05, 0.1) is 0 Å². The molecule has 0 aliphatic heterocycles. The summed E-state index contributed by atoms with van der Waals surface area (Å²) in [6.45, 7) is 10.0. The summed E-state index contributed by atoms with van der Waals surface area (Å²) in [7, 11) is 0. The molecule has 28 valence electrons. The molecule has 0 radical (unpaired) electrons. The molecule has 0 aromatic carbocycles. The van der Waals surface area contributed by atoms with E-state index >= 15 is 0 Å². The van der Waals surface area contributed by atoms with Crippen LogP contribution in [0.4, 0.5) is 0 Å². The van der Waals surface area contributed by atoms with Crippen LogP contribution in [0.15, 0.2) is 0 Å².